The van der Waals surface area contributed by atoms with Crippen LogP contribution in [0.4, 0.5) is 9.59 Å². The molecule has 0 aromatic heterocycles. The van der Waals surface area contributed by atoms with E-state index >= 15 is 0 Å². The maximum atomic E-state index is 12.2. The fourth-order valence-corrected chi connectivity index (χ4v) is 19.5. The van der Waals surface area contributed by atoms with E-state index in [4.69, 9.17) is 27.2 Å². The van der Waals surface area contributed by atoms with Crippen LogP contribution in [0.5, 0.6) is 11.5 Å². The molecule has 2 aromatic rings. The standard InChI is InChI=1S/C33H54O9Si3/c1-11-12-25-43(5,6)41-45(9,10)42-44(7,8)26-13-22-37-23-24-38-32(35)40-30-20-16-28(17-21-30)33(2,3)27-14-18-29(19-15-27)39-31(34)36-4/h14-21H,11-13,22-26H2,1-10H3. The van der Waals surface area contributed by atoms with E-state index in [9.17, 15) is 9.59 Å². The summed E-state index contributed by atoms with van der Waals surface area (Å²) in [6.45, 7) is 20.8. The molecule has 0 aliphatic rings. The lowest BCUT2D eigenvalue weighted by molar-refractivity contribution is 0.0521. The van der Waals surface area contributed by atoms with Crippen LogP contribution in [-0.4, -0.2) is 64.4 Å². The maximum absolute atomic E-state index is 12.2. The van der Waals surface area contributed by atoms with Gasteiger partial charge in [-0.15, -0.1) is 0 Å². The zero-order valence-corrected chi connectivity index (χ0v) is 31.9. The topological polar surface area (TPSA) is 98.8 Å². The number of carbonyl (C=O) groups excluding carboxylic acids is 2. The molecule has 0 aliphatic heterocycles. The van der Waals surface area contributed by atoms with Crippen molar-refractivity contribution in [2.75, 3.05) is 26.9 Å². The molecule has 2 aromatic carbocycles. The molecule has 0 amide bonds. The minimum Gasteiger partial charge on any atom is -0.437 e. The van der Waals surface area contributed by atoms with Gasteiger partial charge in [0.1, 0.15) is 18.1 Å². The zero-order chi connectivity index (χ0) is 33.7. The second kappa shape index (κ2) is 17.4. The first-order valence-electron chi connectivity index (χ1n) is 15.8. The largest absolute Gasteiger partial charge is 0.513 e. The van der Waals surface area contributed by atoms with E-state index in [0.717, 1.165) is 23.6 Å². The van der Waals surface area contributed by atoms with Crippen LogP contribution in [0.2, 0.25) is 51.4 Å². The molecule has 0 heterocycles. The fourth-order valence-electron chi connectivity index (χ4n) is 5.25. The lowest BCUT2D eigenvalue weighted by Crippen LogP contribution is -2.52. The van der Waals surface area contributed by atoms with E-state index < -0.39 is 37.5 Å². The Labute approximate surface area is 273 Å². The van der Waals surface area contributed by atoms with Crippen molar-refractivity contribution < 1.29 is 41.5 Å². The quantitative estimate of drug-likeness (QED) is 0.0662. The average molecular weight is 679 g/mol. The fraction of sp³-hybridized carbons (Fsp3) is 0.576. The number of carbonyl (C=O) groups is 2. The Hall–Kier alpha value is -2.49. The summed E-state index contributed by atoms with van der Waals surface area (Å²) in [7, 11) is -4.53. The monoisotopic (exact) mass is 678 g/mol. The second-order valence-corrected chi connectivity index (χ2v) is 25.8. The number of hydrogen-bond acceptors (Lipinski definition) is 9. The summed E-state index contributed by atoms with van der Waals surface area (Å²) < 4.78 is 39.1. The van der Waals surface area contributed by atoms with E-state index in [0.29, 0.717) is 24.7 Å². The van der Waals surface area contributed by atoms with Crippen LogP contribution in [0.3, 0.4) is 0 Å². The summed E-state index contributed by atoms with van der Waals surface area (Å²) >= 11 is 0. The predicted molar refractivity (Wildman–Crippen MR) is 185 cm³/mol. The summed E-state index contributed by atoms with van der Waals surface area (Å²) in [6, 6.07) is 16.7. The van der Waals surface area contributed by atoms with Crippen LogP contribution < -0.4 is 9.47 Å². The first kappa shape index (κ1) is 38.7. The summed E-state index contributed by atoms with van der Waals surface area (Å²) in [5.74, 6) is 0.792. The van der Waals surface area contributed by atoms with E-state index in [-0.39, 0.29) is 12.0 Å². The molecule has 0 saturated heterocycles. The highest BCUT2D eigenvalue weighted by atomic mass is 28.5. The Morgan fingerprint density at radius 1 is 0.667 bits per heavy atom. The Morgan fingerprint density at radius 2 is 1.13 bits per heavy atom. The molecule has 252 valence electrons. The van der Waals surface area contributed by atoms with Gasteiger partial charge in [-0.3, -0.25) is 0 Å². The third-order valence-electron chi connectivity index (χ3n) is 7.41. The molecule has 0 aliphatic carbocycles. The van der Waals surface area contributed by atoms with Crippen LogP contribution in [0.1, 0.15) is 51.2 Å². The second-order valence-electron chi connectivity index (χ2n) is 13.4. The zero-order valence-electron chi connectivity index (χ0n) is 28.9. The molecule has 45 heavy (non-hydrogen) atoms. The van der Waals surface area contributed by atoms with Gasteiger partial charge in [0, 0.05) is 12.0 Å². The Morgan fingerprint density at radius 3 is 1.60 bits per heavy atom. The highest BCUT2D eigenvalue weighted by Gasteiger charge is 2.39. The van der Waals surface area contributed by atoms with Gasteiger partial charge < -0.3 is 31.9 Å². The van der Waals surface area contributed by atoms with Crippen LogP contribution in [0, 0.1) is 0 Å². The van der Waals surface area contributed by atoms with Gasteiger partial charge in [-0.1, -0.05) is 57.9 Å². The normalized spacial score (nSPS) is 12.5. The average Bonchev–Trinajstić information content (AvgIpc) is 2.95. The van der Waals surface area contributed by atoms with Crippen LogP contribution in [0.15, 0.2) is 48.5 Å². The minimum atomic E-state index is -2.19. The summed E-state index contributed by atoms with van der Waals surface area (Å²) in [6.07, 6.45) is 1.76. The van der Waals surface area contributed by atoms with Crippen molar-refractivity contribution in [1.29, 1.82) is 0 Å². The van der Waals surface area contributed by atoms with Crippen molar-refractivity contribution in [3.8, 4) is 11.5 Å². The summed E-state index contributed by atoms with van der Waals surface area (Å²) in [4.78, 5) is 23.5. The van der Waals surface area contributed by atoms with Gasteiger partial charge in [-0.2, -0.15) is 0 Å². The SMILES string of the molecule is CCCC[Si](C)(C)O[Si](C)(C)O[Si](C)(C)CCCOCCOC(=O)Oc1ccc(C(C)(C)c2ccc(OC(=O)OC)cc2)cc1. The molecule has 9 nitrogen and oxygen atoms in total. The molecule has 0 radical (unpaired) electrons. The lowest BCUT2D eigenvalue weighted by Gasteiger charge is -2.38. The third kappa shape index (κ3) is 14.2. The van der Waals surface area contributed by atoms with Gasteiger partial charge in [0.25, 0.3) is 0 Å². The predicted octanol–water partition coefficient (Wildman–Crippen LogP) is 9.03. The van der Waals surface area contributed by atoms with Gasteiger partial charge in [-0.05, 0) is 93.2 Å². The Bertz CT molecular complexity index is 1200. The minimum absolute atomic E-state index is 0.113. The third-order valence-corrected chi connectivity index (χ3v) is 18.9. The van der Waals surface area contributed by atoms with Crippen molar-refractivity contribution >= 4 is 37.5 Å². The highest BCUT2D eigenvalue weighted by molar-refractivity contribution is 6.87. The molecule has 0 bridgehead atoms. The van der Waals surface area contributed by atoms with Gasteiger partial charge in [-0.25, -0.2) is 9.59 Å². The smallest absolute Gasteiger partial charge is 0.437 e. The van der Waals surface area contributed by atoms with E-state index in [2.05, 4.69) is 64.8 Å². The van der Waals surface area contributed by atoms with Gasteiger partial charge >= 0.3 is 20.9 Å². The van der Waals surface area contributed by atoms with Gasteiger partial charge in [0.05, 0.1) is 13.7 Å². The number of unbranched alkanes of at least 4 members (excludes halogenated alkanes) is 1. The number of hydrogen-bond donors (Lipinski definition) is 0. The molecule has 12 heteroatoms. The van der Waals surface area contributed by atoms with Crippen molar-refractivity contribution in [2.24, 2.45) is 0 Å². The number of methoxy groups -OCH3 is 1. The number of rotatable bonds is 18. The highest BCUT2D eigenvalue weighted by Crippen LogP contribution is 2.33. The van der Waals surface area contributed by atoms with Crippen molar-refractivity contribution in [2.45, 2.75) is 96.8 Å². The number of benzene rings is 2. The molecule has 0 spiro atoms. The molecule has 0 N–H and O–H groups in total. The summed E-state index contributed by atoms with van der Waals surface area (Å²) in [5.41, 5.74) is 1.70. The van der Waals surface area contributed by atoms with Crippen molar-refractivity contribution in [3.63, 3.8) is 0 Å². The molecule has 0 atom stereocenters. The van der Waals surface area contributed by atoms with Crippen LogP contribution in [0.25, 0.3) is 0 Å². The van der Waals surface area contributed by atoms with E-state index in [1.807, 2.05) is 24.3 Å². The molecule has 0 saturated carbocycles. The lowest BCUT2D eigenvalue weighted by atomic mass is 9.78. The van der Waals surface area contributed by atoms with Gasteiger partial charge in [0.15, 0.2) is 16.6 Å². The summed E-state index contributed by atoms with van der Waals surface area (Å²) in [5, 5.41) is 0. The van der Waals surface area contributed by atoms with Crippen LogP contribution >= 0.6 is 0 Å². The Balaban J connectivity index is 1.70. The van der Waals surface area contributed by atoms with E-state index in [1.54, 1.807) is 24.3 Å². The maximum Gasteiger partial charge on any atom is 0.513 e. The van der Waals surface area contributed by atoms with Crippen molar-refractivity contribution in [3.05, 3.63) is 59.7 Å². The van der Waals surface area contributed by atoms with E-state index in [1.165, 1.54) is 26.0 Å². The van der Waals surface area contributed by atoms with Crippen molar-refractivity contribution in [1.82, 2.24) is 0 Å². The molecular formula is C33H54O9Si3. The van der Waals surface area contributed by atoms with Crippen LogP contribution in [-0.2, 0) is 27.9 Å². The molecular weight excluding hydrogens is 625 g/mol. The molecule has 0 fully saturated rings. The molecule has 2 rings (SSSR count). The Kier molecular flexibility index (Phi) is 15.0. The first-order valence-corrected chi connectivity index (χ1v) is 24.8. The van der Waals surface area contributed by atoms with Gasteiger partial charge in [0.2, 0.25) is 0 Å². The number of ether oxygens (including phenoxy) is 5. The molecule has 0 unspecified atom stereocenters. The first-order chi connectivity index (χ1) is 21.0.